The van der Waals surface area contributed by atoms with Crippen LogP contribution in [0.3, 0.4) is 0 Å². The molecular formula is C4H2ClLiN2O3S. The molecule has 0 amide bonds. The summed E-state index contributed by atoms with van der Waals surface area (Å²) in [6, 6.07) is 0. The molecule has 1 heterocycles. The van der Waals surface area contributed by atoms with E-state index < -0.39 is 20.3 Å². The Morgan fingerprint density at radius 3 is 2.17 bits per heavy atom. The minimum atomic E-state index is -4.59. The third-order valence-corrected chi connectivity index (χ3v) is 2.02. The molecule has 0 N–H and O–H groups in total. The van der Waals surface area contributed by atoms with Crippen molar-refractivity contribution in [2.24, 2.45) is 0 Å². The van der Waals surface area contributed by atoms with Crippen LogP contribution in [0, 0.1) is 0 Å². The number of aromatic nitrogens is 2. The fourth-order valence-electron chi connectivity index (χ4n) is 0.476. The molecule has 0 fully saturated rings. The van der Waals surface area contributed by atoms with Crippen LogP contribution in [-0.2, 0) is 10.1 Å². The average molecular weight is 201 g/mol. The van der Waals surface area contributed by atoms with Gasteiger partial charge in [-0.25, -0.2) is 18.4 Å². The van der Waals surface area contributed by atoms with Crippen LogP contribution in [0.1, 0.15) is 0 Å². The van der Waals surface area contributed by atoms with Crippen LogP contribution in [-0.4, -0.2) is 22.9 Å². The predicted octanol–water partition coefficient (Wildman–Crippen LogP) is -2.96. The van der Waals surface area contributed by atoms with Gasteiger partial charge in [-0.15, -0.1) is 0 Å². The van der Waals surface area contributed by atoms with E-state index in [2.05, 4.69) is 9.97 Å². The van der Waals surface area contributed by atoms with E-state index in [9.17, 15) is 13.0 Å². The molecule has 1 rings (SSSR count). The maximum Gasteiger partial charge on any atom is 1.00 e. The van der Waals surface area contributed by atoms with Gasteiger partial charge in [0.25, 0.3) is 0 Å². The van der Waals surface area contributed by atoms with Crippen LogP contribution >= 0.6 is 11.6 Å². The standard InChI is InChI=1S/C4H3ClN2O3S.Li/c5-3-4(11(8,9)10)7-2-1-6-3;/h1-2H,(H,8,9,10);/q;+1/p-1. The Kier molecular flexibility index (Phi) is 4.17. The van der Waals surface area contributed by atoms with Gasteiger partial charge in [-0.3, -0.25) is 0 Å². The SMILES string of the molecule is O=S(=O)([O-])c1nccnc1Cl.[Li+]. The van der Waals surface area contributed by atoms with Gasteiger partial charge in [0.1, 0.15) is 10.1 Å². The topological polar surface area (TPSA) is 83.0 Å². The van der Waals surface area contributed by atoms with Gasteiger partial charge in [-0.05, 0) is 0 Å². The zero-order chi connectivity index (χ0) is 8.48. The Morgan fingerprint density at radius 2 is 1.83 bits per heavy atom. The normalized spacial score (nSPS) is 10.5. The molecule has 0 aliphatic carbocycles. The Hall–Kier alpha value is -0.123. The first-order valence-corrected chi connectivity index (χ1v) is 4.23. The Balaban J connectivity index is 0.00000121. The van der Waals surface area contributed by atoms with Gasteiger partial charge < -0.3 is 4.55 Å². The van der Waals surface area contributed by atoms with Crippen LogP contribution in [0.25, 0.3) is 0 Å². The Bertz CT molecular complexity index is 368. The summed E-state index contributed by atoms with van der Waals surface area (Å²) < 4.78 is 30.9. The number of nitrogens with zero attached hydrogens (tertiary/aromatic N) is 2. The molecule has 60 valence electrons. The van der Waals surface area contributed by atoms with E-state index in [4.69, 9.17) is 11.6 Å². The van der Waals surface area contributed by atoms with Gasteiger partial charge in [-0.1, -0.05) is 11.6 Å². The minimum absolute atomic E-state index is 0. The molecule has 0 aromatic carbocycles. The third-order valence-electron chi connectivity index (χ3n) is 0.860. The second-order valence-electron chi connectivity index (χ2n) is 1.61. The molecule has 0 saturated carbocycles. The summed E-state index contributed by atoms with van der Waals surface area (Å²) in [5.74, 6) is 0. The smallest absolute Gasteiger partial charge is 0.743 e. The van der Waals surface area contributed by atoms with E-state index in [1.807, 2.05) is 0 Å². The summed E-state index contributed by atoms with van der Waals surface area (Å²) in [6.07, 6.45) is 2.27. The molecule has 12 heavy (non-hydrogen) atoms. The first kappa shape index (κ1) is 11.9. The van der Waals surface area contributed by atoms with Crippen molar-refractivity contribution in [1.82, 2.24) is 9.97 Å². The van der Waals surface area contributed by atoms with E-state index in [1.165, 1.54) is 6.20 Å². The zero-order valence-corrected chi connectivity index (χ0v) is 7.63. The summed E-state index contributed by atoms with van der Waals surface area (Å²) >= 11 is 5.26. The van der Waals surface area contributed by atoms with Crippen LogP contribution < -0.4 is 18.9 Å². The molecule has 0 aliphatic rings. The van der Waals surface area contributed by atoms with Crippen molar-refractivity contribution < 1.29 is 31.8 Å². The summed E-state index contributed by atoms with van der Waals surface area (Å²) in [4.78, 5) is 6.62. The van der Waals surface area contributed by atoms with E-state index in [1.54, 1.807) is 0 Å². The summed E-state index contributed by atoms with van der Waals surface area (Å²) in [5.41, 5.74) is 0. The minimum Gasteiger partial charge on any atom is -0.743 e. The number of rotatable bonds is 1. The van der Waals surface area contributed by atoms with E-state index >= 15 is 0 Å². The molecule has 0 aliphatic heterocycles. The average Bonchev–Trinajstić information content (AvgIpc) is 1.86. The number of hydrogen-bond acceptors (Lipinski definition) is 5. The van der Waals surface area contributed by atoms with Gasteiger partial charge in [0.15, 0.2) is 10.2 Å². The Morgan fingerprint density at radius 1 is 1.33 bits per heavy atom. The predicted molar refractivity (Wildman–Crippen MR) is 35.0 cm³/mol. The Labute approximate surface area is 86.1 Å². The molecule has 0 bridgehead atoms. The number of halogens is 1. The number of hydrogen-bond donors (Lipinski definition) is 0. The molecule has 8 heteroatoms. The van der Waals surface area contributed by atoms with Crippen molar-refractivity contribution in [3.8, 4) is 0 Å². The van der Waals surface area contributed by atoms with Crippen molar-refractivity contribution in [3.05, 3.63) is 17.5 Å². The maximum atomic E-state index is 10.3. The maximum absolute atomic E-state index is 10.3. The largest absolute Gasteiger partial charge is 1.00 e. The molecule has 1 aromatic heterocycles. The molecular weight excluding hydrogens is 199 g/mol. The second kappa shape index (κ2) is 4.21. The monoisotopic (exact) mass is 200 g/mol. The van der Waals surface area contributed by atoms with E-state index in [-0.39, 0.29) is 18.9 Å². The van der Waals surface area contributed by atoms with Crippen LogP contribution in [0.4, 0.5) is 0 Å². The van der Waals surface area contributed by atoms with Crippen molar-refractivity contribution >= 4 is 21.7 Å². The summed E-state index contributed by atoms with van der Waals surface area (Å²) in [7, 11) is -4.59. The molecule has 0 radical (unpaired) electrons. The third kappa shape index (κ3) is 2.73. The quantitative estimate of drug-likeness (QED) is 0.357. The first-order valence-electron chi connectivity index (χ1n) is 2.44. The van der Waals surface area contributed by atoms with Crippen molar-refractivity contribution in [1.29, 1.82) is 0 Å². The first-order chi connectivity index (χ1) is 5.02. The van der Waals surface area contributed by atoms with Gasteiger partial charge >= 0.3 is 18.9 Å². The fourth-order valence-corrected chi connectivity index (χ4v) is 1.31. The van der Waals surface area contributed by atoms with Crippen LogP contribution in [0.15, 0.2) is 17.4 Å². The fraction of sp³-hybridized carbons (Fsp3) is 0. The van der Waals surface area contributed by atoms with E-state index in [0.717, 1.165) is 6.20 Å². The summed E-state index contributed by atoms with van der Waals surface area (Å²) in [6.45, 7) is 0. The van der Waals surface area contributed by atoms with Gasteiger partial charge in [0, 0.05) is 12.4 Å². The van der Waals surface area contributed by atoms with Crippen LogP contribution in [0.5, 0.6) is 0 Å². The molecule has 1 aromatic rings. The van der Waals surface area contributed by atoms with Crippen molar-refractivity contribution in [2.75, 3.05) is 0 Å². The molecule has 5 nitrogen and oxygen atoms in total. The second-order valence-corrected chi connectivity index (χ2v) is 3.26. The summed E-state index contributed by atoms with van der Waals surface area (Å²) in [5, 5.41) is -1.14. The van der Waals surface area contributed by atoms with E-state index in [0.29, 0.717) is 0 Å². The zero-order valence-electron chi connectivity index (χ0n) is 6.06. The molecule has 0 unspecified atom stereocenters. The van der Waals surface area contributed by atoms with Crippen molar-refractivity contribution in [3.63, 3.8) is 0 Å². The molecule has 0 atom stereocenters. The molecule has 0 saturated heterocycles. The van der Waals surface area contributed by atoms with Gasteiger partial charge in [0.2, 0.25) is 0 Å². The van der Waals surface area contributed by atoms with Gasteiger partial charge in [-0.2, -0.15) is 0 Å². The molecule has 0 spiro atoms. The van der Waals surface area contributed by atoms with Crippen LogP contribution in [0.2, 0.25) is 5.15 Å². The van der Waals surface area contributed by atoms with Gasteiger partial charge in [0.05, 0.1) is 0 Å². The van der Waals surface area contributed by atoms with Crippen molar-refractivity contribution in [2.45, 2.75) is 5.03 Å².